The first-order chi connectivity index (χ1) is 7.97. The van der Waals surface area contributed by atoms with Crippen molar-refractivity contribution in [1.82, 2.24) is 4.98 Å². The van der Waals surface area contributed by atoms with E-state index in [1.54, 1.807) is 6.20 Å². The fourth-order valence-electron chi connectivity index (χ4n) is 1.04. The van der Waals surface area contributed by atoms with Gasteiger partial charge in [-0.05, 0) is 12.1 Å². The summed E-state index contributed by atoms with van der Waals surface area (Å²) in [6.07, 6.45) is 2.33. The average molecular weight is 275 g/mol. The number of pyridine rings is 1. The van der Waals surface area contributed by atoms with Gasteiger partial charge in [0.15, 0.2) is 0 Å². The van der Waals surface area contributed by atoms with E-state index in [0.29, 0.717) is 23.8 Å². The van der Waals surface area contributed by atoms with E-state index in [4.69, 9.17) is 10.3 Å². The van der Waals surface area contributed by atoms with E-state index in [1.807, 2.05) is 18.2 Å². The van der Waals surface area contributed by atoms with Crippen LogP contribution in [0.15, 0.2) is 29.4 Å². The summed E-state index contributed by atoms with van der Waals surface area (Å²) < 4.78 is 29.3. The lowest BCUT2D eigenvalue weighted by molar-refractivity contribution is 0.503. The van der Waals surface area contributed by atoms with Gasteiger partial charge < -0.3 is 5.73 Å². The van der Waals surface area contributed by atoms with Crippen molar-refractivity contribution in [3.05, 3.63) is 30.1 Å². The van der Waals surface area contributed by atoms with Crippen LogP contribution in [0.3, 0.4) is 0 Å². The molecule has 0 aromatic carbocycles. The molecule has 0 bridgehead atoms. The van der Waals surface area contributed by atoms with Gasteiger partial charge in [-0.2, -0.15) is 8.42 Å². The molecule has 6 nitrogen and oxygen atoms in total. The van der Waals surface area contributed by atoms with E-state index in [-0.39, 0.29) is 11.6 Å². The molecule has 0 radical (unpaired) electrons. The number of aromatic nitrogens is 1. The normalized spacial score (nSPS) is 12.6. The highest BCUT2D eigenvalue weighted by Gasteiger charge is 2.06. The lowest BCUT2D eigenvalue weighted by atomic mass is 10.3. The number of aliphatic imine (C=N–C) groups is 1. The maximum atomic E-state index is 10.4. The minimum atomic E-state index is -4.05. The third-order valence-corrected chi connectivity index (χ3v) is 3.72. The quantitative estimate of drug-likeness (QED) is 0.339. The van der Waals surface area contributed by atoms with Gasteiger partial charge in [-0.25, -0.2) is 0 Å². The molecule has 0 amide bonds. The second kappa shape index (κ2) is 6.58. The van der Waals surface area contributed by atoms with Gasteiger partial charge in [0, 0.05) is 35.7 Å². The molecule has 0 spiro atoms. The highest BCUT2D eigenvalue weighted by Crippen LogP contribution is 2.07. The average Bonchev–Trinajstić information content (AvgIpc) is 2.27. The summed E-state index contributed by atoms with van der Waals surface area (Å²) in [6, 6.07) is 5.58. The topological polar surface area (TPSA) is 106 Å². The Bertz CT molecular complexity index is 474. The summed E-state index contributed by atoms with van der Waals surface area (Å²) in [7, 11) is -3.71. The second-order valence-electron chi connectivity index (χ2n) is 3.13. The van der Waals surface area contributed by atoms with Crippen LogP contribution in [-0.4, -0.2) is 36.1 Å². The predicted octanol–water partition coefficient (Wildman–Crippen LogP) is 0.517. The number of hydrogen-bond donors (Lipinski definition) is 2. The van der Waals surface area contributed by atoms with Crippen molar-refractivity contribution in [3.8, 4) is 0 Å². The molecule has 1 aromatic rings. The minimum absolute atomic E-state index is 0.0406. The molecule has 1 heterocycles. The first-order valence-electron chi connectivity index (χ1n) is 4.78. The monoisotopic (exact) mass is 275 g/mol. The van der Waals surface area contributed by atoms with Crippen molar-refractivity contribution in [3.63, 3.8) is 0 Å². The number of nitrogens with zero attached hydrogens (tertiary/aromatic N) is 2. The van der Waals surface area contributed by atoms with Crippen LogP contribution in [-0.2, 0) is 15.6 Å². The van der Waals surface area contributed by atoms with Gasteiger partial charge in [0.2, 0.25) is 0 Å². The predicted molar refractivity (Wildman–Crippen MR) is 68.4 cm³/mol. The van der Waals surface area contributed by atoms with E-state index in [9.17, 15) is 8.42 Å². The molecular weight excluding hydrogens is 262 g/mol. The van der Waals surface area contributed by atoms with Crippen molar-refractivity contribution >= 4 is 25.8 Å². The maximum Gasteiger partial charge on any atom is 0.320 e. The van der Waals surface area contributed by atoms with Crippen LogP contribution in [0, 0.1) is 0 Å². The van der Waals surface area contributed by atoms with Crippen LogP contribution < -0.4 is 5.73 Å². The molecule has 0 saturated heterocycles. The first-order valence-corrected chi connectivity index (χ1v) is 7.72. The number of nitrogens with two attached hydrogens (primary N) is 1. The molecular formula is C9H13N3O3S2. The minimum Gasteiger partial charge on any atom is -0.387 e. The number of hydrogen-bond acceptors (Lipinski definition) is 5. The standard InChI is InChI=1S/C9H13N3O3S2/c10-9(7-16-17(13,14)15)12-6-4-8-3-1-2-5-11-8/h1-3,5H,4,6-7H2,(H2,10,12)(H,13,14,15). The number of amidine groups is 1. The summed E-state index contributed by atoms with van der Waals surface area (Å²) in [4.78, 5) is 8.09. The molecule has 0 unspecified atom stereocenters. The van der Waals surface area contributed by atoms with Gasteiger partial charge in [-0.3, -0.25) is 14.5 Å². The molecule has 0 fully saturated rings. The van der Waals surface area contributed by atoms with E-state index < -0.39 is 9.15 Å². The molecule has 1 rings (SSSR count). The first kappa shape index (κ1) is 13.9. The molecule has 0 atom stereocenters. The smallest absolute Gasteiger partial charge is 0.320 e. The van der Waals surface area contributed by atoms with E-state index >= 15 is 0 Å². The Morgan fingerprint density at radius 1 is 1.53 bits per heavy atom. The molecule has 0 aliphatic heterocycles. The van der Waals surface area contributed by atoms with Crippen molar-refractivity contribution in [2.24, 2.45) is 10.7 Å². The van der Waals surface area contributed by atoms with Gasteiger partial charge >= 0.3 is 9.15 Å². The molecule has 0 saturated carbocycles. The van der Waals surface area contributed by atoms with Gasteiger partial charge in [0.25, 0.3) is 0 Å². The Morgan fingerprint density at radius 3 is 2.88 bits per heavy atom. The molecule has 17 heavy (non-hydrogen) atoms. The lowest BCUT2D eigenvalue weighted by Crippen LogP contribution is -2.17. The van der Waals surface area contributed by atoms with Crippen molar-refractivity contribution in [1.29, 1.82) is 0 Å². The SMILES string of the molecule is NC(CSS(=O)(=O)O)=NCCc1ccccn1. The molecule has 1 aromatic heterocycles. The molecule has 0 aliphatic carbocycles. The Morgan fingerprint density at radius 2 is 2.29 bits per heavy atom. The Hall–Kier alpha value is -1.12. The summed E-state index contributed by atoms with van der Waals surface area (Å²) in [6.45, 7) is 0.439. The Labute approximate surface area is 103 Å². The van der Waals surface area contributed by atoms with E-state index in [2.05, 4.69) is 9.98 Å². The zero-order chi connectivity index (χ0) is 12.7. The Balaban J connectivity index is 2.34. The van der Waals surface area contributed by atoms with Gasteiger partial charge in [-0.1, -0.05) is 6.07 Å². The van der Waals surface area contributed by atoms with Crippen LogP contribution in [0.2, 0.25) is 0 Å². The summed E-state index contributed by atoms with van der Waals surface area (Å²) in [5, 5.41) is 0. The summed E-state index contributed by atoms with van der Waals surface area (Å²) in [5.41, 5.74) is 6.37. The molecule has 94 valence electrons. The third-order valence-electron chi connectivity index (χ3n) is 1.76. The fraction of sp³-hybridized carbons (Fsp3) is 0.333. The van der Waals surface area contributed by atoms with Gasteiger partial charge in [0.05, 0.1) is 5.75 Å². The second-order valence-corrected chi connectivity index (χ2v) is 6.48. The van der Waals surface area contributed by atoms with Crippen LogP contribution in [0.25, 0.3) is 0 Å². The molecule has 3 N–H and O–H groups in total. The van der Waals surface area contributed by atoms with E-state index in [0.717, 1.165) is 5.69 Å². The van der Waals surface area contributed by atoms with Crippen molar-refractivity contribution < 1.29 is 13.0 Å². The Kier molecular flexibility index (Phi) is 5.39. The van der Waals surface area contributed by atoms with Crippen LogP contribution in [0.5, 0.6) is 0 Å². The molecule has 8 heteroatoms. The zero-order valence-corrected chi connectivity index (χ0v) is 10.6. The zero-order valence-electron chi connectivity index (χ0n) is 8.98. The van der Waals surface area contributed by atoms with E-state index in [1.165, 1.54) is 0 Å². The summed E-state index contributed by atoms with van der Waals surface area (Å²) >= 11 is 0. The lowest BCUT2D eigenvalue weighted by Gasteiger charge is -1.99. The van der Waals surface area contributed by atoms with Gasteiger partial charge in [-0.15, -0.1) is 0 Å². The van der Waals surface area contributed by atoms with Crippen LogP contribution in [0.4, 0.5) is 0 Å². The molecule has 0 aliphatic rings. The number of rotatable bonds is 6. The van der Waals surface area contributed by atoms with Crippen molar-refractivity contribution in [2.75, 3.05) is 12.3 Å². The van der Waals surface area contributed by atoms with Crippen LogP contribution in [0.1, 0.15) is 5.69 Å². The fourth-order valence-corrected chi connectivity index (χ4v) is 2.21. The van der Waals surface area contributed by atoms with Crippen LogP contribution >= 0.6 is 10.8 Å². The van der Waals surface area contributed by atoms with Gasteiger partial charge in [0.1, 0.15) is 5.84 Å². The summed E-state index contributed by atoms with van der Waals surface area (Å²) in [5.74, 6) is 0.143. The highest BCUT2D eigenvalue weighted by atomic mass is 33.1. The highest BCUT2D eigenvalue weighted by molar-refractivity contribution is 8.70. The van der Waals surface area contributed by atoms with Crippen molar-refractivity contribution in [2.45, 2.75) is 6.42 Å². The largest absolute Gasteiger partial charge is 0.387 e. The third kappa shape index (κ3) is 6.93. The maximum absolute atomic E-state index is 10.4.